The molecule has 4 nitrogen and oxygen atoms in total. The number of rotatable bonds is 2. The quantitative estimate of drug-likeness (QED) is 0.860. The average Bonchev–Trinajstić information content (AvgIpc) is 2.69. The number of pyridine rings is 1. The van der Waals surface area contributed by atoms with E-state index in [-0.39, 0.29) is 0 Å². The Morgan fingerprint density at radius 3 is 2.95 bits per heavy atom. The average molecular weight is 285 g/mol. The molecule has 0 spiro atoms. The van der Waals surface area contributed by atoms with Crippen molar-refractivity contribution in [2.24, 2.45) is 5.73 Å². The predicted molar refractivity (Wildman–Crippen MR) is 83.7 cm³/mol. The van der Waals surface area contributed by atoms with Crippen molar-refractivity contribution in [1.82, 2.24) is 4.98 Å². The van der Waals surface area contributed by atoms with Gasteiger partial charge in [0.25, 0.3) is 0 Å². The largest absolute Gasteiger partial charge is 0.491 e. The van der Waals surface area contributed by atoms with E-state index in [0.29, 0.717) is 11.6 Å². The summed E-state index contributed by atoms with van der Waals surface area (Å²) in [6.45, 7) is 1.55. The van der Waals surface area contributed by atoms with Gasteiger partial charge in [0, 0.05) is 18.3 Å². The smallest absolute Gasteiger partial charge is 0.142 e. The second kappa shape index (κ2) is 5.46. The van der Waals surface area contributed by atoms with Crippen molar-refractivity contribution in [3.05, 3.63) is 48.3 Å². The summed E-state index contributed by atoms with van der Waals surface area (Å²) in [6.07, 6.45) is 4.44. The van der Waals surface area contributed by atoms with Crippen LogP contribution in [0, 0.1) is 0 Å². The highest BCUT2D eigenvalue weighted by atomic mass is 32.1. The summed E-state index contributed by atoms with van der Waals surface area (Å²) in [7, 11) is 0. The summed E-state index contributed by atoms with van der Waals surface area (Å²) in [5, 5.41) is 0. The molecule has 0 amide bonds. The molecule has 0 unspecified atom stereocenters. The summed E-state index contributed by atoms with van der Waals surface area (Å²) >= 11 is 5.14. The molecule has 5 heteroatoms. The molecular formula is C15H15N3OS. The third-order valence-corrected chi connectivity index (χ3v) is 3.52. The molecule has 1 aliphatic heterocycles. The molecule has 1 aromatic heterocycles. The van der Waals surface area contributed by atoms with Gasteiger partial charge < -0.3 is 15.4 Å². The molecule has 0 aliphatic carbocycles. The van der Waals surface area contributed by atoms with Crippen molar-refractivity contribution in [3.8, 4) is 5.75 Å². The van der Waals surface area contributed by atoms with Gasteiger partial charge in [0.1, 0.15) is 10.7 Å². The molecular weight excluding hydrogens is 270 g/mol. The van der Waals surface area contributed by atoms with Crippen LogP contribution in [-0.2, 0) is 0 Å². The Hall–Kier alpha value is -2.14. The van der Waals surface area contributed by atoms with Crippen LogP contribution in [0.15, 0.2) is 42.7 Å². The number of benzene rings is 1. The Morgan fingerprint density at radius 2 is 2.10 bits per heavy atom. The standard InChI is InChI=1S/C15H15N3OS/c16-15(20)11-6-7-17-10-13(11)18-8-3-9-19-14-5-2-1-4-12(14)18/h1-2,4-7,10H,3,8-9H2,(H2,16,20). The van der Waals surface area contributed by atoms with Crippen LogP contribution < -0.4 is 15.4 Å². The number of nitrogens with two attached hydrogens (primary N) is 1. The maximum Gasteiger partial charge on any atom is 0.142 e. The molecule has 0 fully saturated rings. The van der Waals surface area contributed by atoms with E-state index in [9.17, 15) is 0 Å². The van der Waals surface area contributed by atoms with E-state index in [0.717, 1.165) is 35.7 Å². The Kier molecular flexibility index (Phi) is 3.52. The maximum atomic E-state index is 5.83. The zero-order chi connectivity index (χ0) is 13.9. The van der Waals surface area contributed by atoms with Crippen LogP contribution in [0.2, 0.25) is 0 Å². The van der Waals surface area contributed by atoms with Crippen LogP contribution in [0.4, 0.5) is 11.4 Å². The molecule has 20 heavy (non-hydrogen) atoms. The minimum absolute atomic E-state index is 0.380. The monoisotopic (exact) mass is 285 g/mol. The van der Waals surface area contributed by atoms with Crippen molar-refractivity contribution < 1.29 is 4.74 Å². The third kappa shape index (κ3) is 2.32. The SMILES string of the molecule is NC(=S)c1ccncc1N1CCCOc2ccccc21. The summed E-state index contributed by atoms with van der Waals surface area (Å²) in [4.78, 5) is 6.76. The van der Waals surface area contributed by atoms with Crippen LogP contribution in [-0.4, -0.2) is 23.1 Å². The van der Waals surface area contributed by atoms with E-state index in [1.54, 1.807) is 12.4 Å². The van der Waals surface area contributed by atoms with E-state index in [1.807, 2.05) is 30.3 Å². The first-order chi connectivity index (χ1) is 9.77. The highest BCUT2D eigenvalue weighted by molar-refractivity contribution is 7.80. The Morgan fingerprint density at radius 1 is 1.25 bits per heavy atom. The fourth-order valence-electron chi connectivity index (χ4n) is 2.39. The van der Waals surface area contributed by atoms with Crippen LogP contribution in [0.3, 0.4) is 0 Å². The molecule has 1 aliphatic rings. The highest BCUT2D eigenvalue weighted by Crippen LogP contribution is 2.36. The lowest BCUT2D eigenvalue weighted by Crippen LogP contribution is -2.22. The van der Waals surface area contributed by atoms with E-state index >= 15 is 0 Å². The maximum absolute atomic E-state index is 5.83. The van der Waals surface area contributed by atoms with Crippen molar-refractivity contribution in [3.63, 3.8) is 0 Å². The van der Waals surface area contributed by atoms with Gasteiger partial charge in [0.05, 0.1) is 24.2 Å². The molecule has 0 saturated heterocycles. The zero-order valence-corrected chi connectivity index (χ0v) is 11.8. The topological polar surface area (TPSA) is 51.4 Å². The van der Waals surface area contributed by atoms with Gasteiger partial charge in [0.2, 0.25) is 0 Å². The molecule has 2 N–H and O–H groups in total. The summed E-state index contributed by atoms with van der Waals surface area (Å²) < 4.78 is 5.77. The Labute approximate surface area is 123 Å². The molecule has 0 radical (unpaired) electrons. The molecule has 0 saturated carbocycles. The molecule has 3 rings (SSSR count). The first-order valence-corrected chi connectivity index (χ1v) is 6.91. The van der Waals surface area contributed by atoms with Crippen LogP contribution in [0.1, 0.15) is 12.0 Å². The van der Waals surface area contributed by atoms with E-state index < -0.39 is 0 Å². The molecule has 102 valence electrons. The minimum Gasteiger partial charge on any atom is -0.491 e. The van der Waals surface area contributed by atoms with Gasteiger partial charge in [-0.05, 0) is 24.6 Å². The number of hydrogen-bond acceptors (Lipinski definition) is 4. The minimum atomic E-state index is 0.380. The predicted octanol–water partition coefficient (Wildman–Crippen LogP) is 2.64. The molecule has 0 atom stereocenters. The van der Waals surface area contributed by atoms with Gasteiger partial charge in [-0.15, -0.1) is 0 Å². The number of para-hydroxylation sites is 2. The first kappa shape index (κ1) is 12.9. The van der Waals surface area contributed by atoms with Crippen molar-refractivity contribution >= 4 is 28.6 Å². The summed E-state index contributed by atoms with van der Waals surface area (Å²) in [5.74, 6) is 0.878. The van der Waals surface area contributed by atoms with Crippen LogP contribution in [0.5, 0.6) is 5.75 Å². The molecule has 0 bridgehead atoms. The van der Waals surface area contributed by atoms with Gasteiger partial charge >= 0.3 is 0 Å². The van der Waals surface area contributed by atoms with Crippen LogP contribution in [0.25, 0.3) is 0 Å². The van der Waals surface area contributed by atoms with Crippen molar-refractivity contribution in [2.75, 3.05) is 18.1 Å². The van der Waals surface area contributed by atoms with Crippen molar-refractivity contribution in [1.29, 1.82) is 0 Å². The highest BCUT2D eigenvalue weighted by Gasteiger charge is 2.20. The zero-order valence-electron chi connectivity index (χ0n) is 11.0. The first-order valence-electron chi connectivity index (χ1n) is 6.50. The van der Waals surface area contributed by atoms with E-state index in [2.05, 4.69) is 9.88 Å². The fraction of sp³-hybridized carbons (Fsp3) is 0.200. The second-order valence-corrected chi connectivity index (χ2v) is 5.02. The summed E-state index contributed by atoms with van der Waals surface area (Å²) in [6, 6.07) is 9.84. The molecule has 2 aromatic rings. The molecule has 2 heterocycles. The van der Waals surface area contributed by atoms with E-state index in [4.69, 9.17) is 22.7 Å². The number of ether oxygens (including phenoxy) is 1. The molecule has 1 aromatic carbocycles. The van der Waals surface area contributed by atoms with Crippen molar-refractivity contribution in [2.45, 2.75) is 6.42 Å². The number of thiocarbonyl (C=S) groups is 1. The number of aromatic nitrogens is 1. The number of anilines is 2. The lowest BCUT2D eigenvalue weighted by atomic mass is 10.1. The van der Waals surface area contributed by atoms with Gasteiger partial charge in [-0.2, -0.15) is 0 Å². The number of hydrogen-bond donors (Lipinski definition) is 1. The third-order valence-electron chi connectivity index (χ3n) is 3.30. The van der Waals surface area contributed by atoms with Crippen LogP contribution >= 0.6 is 12.2 Å². The fourth-order valence-corrected chi connectivity index (χ4v) is 2.56. The Bertz CT molecular complexity index is 645. The normalized spacial score (nSPS) is 14.1. The lowest BCUT2D eigenvalue weighted by molar-refractivity contribution is 0.322. The van der Waals surface area contributed by atoms with Gasteiger partial charge in [-0.3, -0.25) is 4.98 Å². The second-order valence-electron chi connectivity index (χ2n) is 4.58. The van der Waals surface area contributed by atoms with Gasteiger partial charge in [-0.25, -0.2) is 0 Å². The lowest BCUT2D eigenvalue weighted by Gasteiger charge is -2.25. The van der Waals surface area contributed by atoms with Gasteiger partial charge in [-0.1, -0.05) is 24.4 Å². The number of nitrogens with zero attached hydrogens (tertiary/aromatic N) is 2. The van der Waals surface area contributed by atoms with Gasteiger partial charge in [0.15, 0.2) is 0 Å². The Balaban J connectivity index is 2.13. The number of fused-ring (bicyclic) bond motifs is 1. The van der Waals surface area contributed by atoms with E-state index in [1.165, 1.54) is 0 Å². The summed E-state index contributed by atoms with van der Waals surface area (Å²) in [5.41, 5.74) is 8.62.